The molecule has 0 rings (SSSR count). The summed E-state index contributed by atoms with van der Waals surface area (Å²) >= 11 is 0. The SMILES string of the molecule is CCCCCCCCC(CCC)CC(CCCC)CCCCCC. The van der Waals surface area contributed by atoms with E-state index in [4.69, 9.17) is 0 Å². The first-order chi connectivity index (χ1) is 11.8. The van der Waals surface area contributed by atoms with E-state index in [-0.39, 0.29) is 0 Å². The molecule has 0 heteroatoms. The van der Waals surface area contributed by atoms with Crippen molar-refractivity contribution >= 4 is 0 Å². The van der Waals surface area contributed by atoms with E-state index in [1.165, 1.54) is 116 Å². The lowest BCUT2D eigenvalue weighted by Crippen LogP contribution is -2.10. The van der Waals surface area contributed by atoms with Gasteiger partial charge >= 0.3 is 0 Å². The zero-order chi connectivity index (χ0) is 17.9. The van der Waals surface area contributed by atoms with E-state index < -0.39 is 0 Å². The zero-order valence-electron chi connectivity index (χ0n) is 17.9. The monoisotopic (exact) mass is 338 g/mol. The van der Waals surface area contributed by atoms with Gasteiger partial charge in [-0.1, -0.05) is 137 Å². The molecule has 0 saturated carbocycles. The molecular weight excluding hydrogens is 288 g/mol. The Bertz CT molecular complexity index is 220. The van der Waals surface area contributed by atoms with Crippen LogP contribution in [0.2, 0.25) is 0 Å². The summed E-state index contributed by atoms with van der Waals surface area (Å²) in [5.41, 5.74) is 0. The maximum Gasteiger partial charge on any atom is -0.0412 e. The van der Waals surface area contributed by atoms with Gasteiger partial charge in [-0.3, -0.25) is 0 Å². The third-order valence-corrected chi connectivity index (χ3v) is 5.76. The smallest absolute Gasteiger partial charge is 0.0412 e. The number of unbranched alkanes of at least 4 members (excludes halogenated alkanes) is 9. The van der Waals surface area contributed by atoms with Gasteiger partial charge in [-0.25, -0.2) is 0 Å². The lowest BCUT2D eigenvalue weighted by molar-refractivity contribution is 0.288. The maximum absolute atomic E-state index is 2.39. The number of hydrogen-bond donors (Lipinski definition) is 0. The van der Waals surface area contributed by atoms with Crippen LogP contribution in [0.4, 0.5) is 0 Å². The van der Waals surface area contributed by atoms with Crippen LogP contribution in [0.3, 0.4) is 0 Å². The van der Waals surface area contributed by atoms with Gasteiger partial charge < -0.3 is 0 Å². The molecule has 0 fully saturated rings. The van der Waals surface area contributed by atoms with Crippen LogP contribution < -0.4 is 0 Å². The Morgan fingerprint density at radius 2 is 0.792 bits per heavy atom. The molecule has 0 aliphatic carbocycles. The fourth-order valence-electron chi connectivity index (χ4n) is 4.21. The summed E-state index contributed by atoms with van der Waals surface area (Å²) in [7, 11) is 0. The van der Waals surface area contributed by atoms with Gasteiger partial charge in [-0.2, -0.15) is 0 Å². The van der Waals surface area contributed by atoms with E-state index in [1.807, 2.05) is 0 Å². The van der Waals surface area contributed by atoms with Crippen molar-refractivity contribution in [3.05, 3.63) is 0 Å². The Hall–Kier alpha value is 0. The van der Waals surface area contributed by atoms with Crippen molar-refractivity contribution in [1.82, 2.24) is 0 Å². The van der Waals surface area contributed by atoms with Gasteiger partial charge in [0.05, 0.1) is 0 Å². The van der Waals surface area contributed by atoms with Crippen LogP contribution in [0.1, 0.15) is 143 Å². The summed E-state index contributed by atoms with van der Waals surface area (Å²) in [5, 5.41) is 0. The zero-order valence-corrected chi connectivity index (χ0v) is 17.9. The first-order valence-electron chi connectivity index (χ1n) is 11.8. The van der Waals surface area contributed by atoms with Gasteiger partial charge in [0.25, 0.3) is 0 Å². The molecule has 0 aromatic rings. The molecular formula is C24H50. The molecule has 0 nitrogen and oxygen atoms in total. The molecule has 0 heterocycles. The van der Waals surface area contributed by atoms with Crippen molar-refractivity contribution in [3.63, 3.8) is 0 Å². The fourth-order valence-corrected chi connectivity index (χ4v) is 4.21. The topological polar surface area (TPSA) is 0 Å². The second kappa shape index (κ2) is 19.3. The Labute approximate surface area is 155 Å². The summed E-state index contributed by atoms with van der Waals surface area (Å²) in [5.74, 6) is 2.05. The van der Waals surface area contributed by atoms with Gasteiger partial charge in [-0.15, -0.1) is 0 Å². The fraction of sp³-hybridized carbons (Fsp3) is 1.00. The summed E-state index contributed by atoms with van der Waals surface area (Å²) in [6.45, 7) is 9.38. The molecule has 24 heavy (non-hydrogen) atoms. The Kier molecular flexibility index (Phi) is 19.3. The van der Waals surface area contributed by atoms with E-state index >= 15 is 0 Å². The number of hydrogen-bond acceptors (Lipinski definition) is 0. The van der Waals surface area contributed by atoms with Crippen LogP contribution in [0.25, 0.3) is 0 Å². The standard InChI is InChI=1S/C24H50/c1-5-9-12-14-15-17-20-23(18-8-4)22-24(19-11-7-3)21-16-13-10-6-2/h23-24H,5-22H2,1-4H3. The van der Waals surface area contributed by atoms with Gasteiger partial charge in [-0.05, 0) is 18.3 Å². The second-order valence-corrected chi connectivity index (χ2v) is 8.30. The van der Waals surface area contributed by atoms with Crippen LogP contribution in [0.15, 0.2) is 0 Å². The summed E-state index contributed by atoms with van der Waals surface area (Å²) in [6, 6.07) is 0. The summed E-state index contributed by atoms with van der Waals surface area (Å²) in [6.07, 6.45) is 26.2. The Morgan fingerprint density at radius 1 is 0.375 bits per heavy atom. The van der Waals surface area contributed by atoms with E-state index in [9.17, 15) is 0 Å². The first-order valence-corrected chi connectivity index (χ1v) is 11.8. The highest BCUT2D eigenvalue weighted by atomic mass is 14.2. The summed E-state index contributed by atoms with van der Waals surface area (Å²) in [4.78, 5) is 0. The van der Waals surface area contributed by atoms with Crippen molar-refractivity contribution in [2.75, 3.05) is 0 Å². The van der Waals surface area contributed by atoms with E-state index in [0.717, 1.165) is 11.8 Å². The lowest BCUT2D eigenvalue weighted by atomic mass is 9.82. The average Bonchev–Trinajstić information content (AvgIpc) is 2.59. The van der Waals surface area contributed by atoms with E-state index in [2.05, 4.69) is 27.7 Å². The van der Waals surface area contributed by atoms with E-state index in [1.54, 1.807) is 0 Å². The molecule has 0 radical (unpaired) electrons. The van der Waals surface area contributed by atoms with Crippen LogP contribution in [0, 0.1) is 11.8 Å². The van der Waals surface area contributed by atoms with Crippen LogP contribution in [-0.2, 0) is 0 Å². The van der Waals surface area contributed by atoms with Crippen molar-refractivity contribution in [2.45, 2.75) is 143 Å². The largest absolute Gasteiger partial charge is 0.0654 e. The van der Waals surface area contributed by atoms with Crippen molar-refractivity contribution < 1.29 is 0 Å². The van der Waals surface area contributed by atoms with Crippen molar-refractivity contribution in [2.24, 2.45) is 11.8 Å². The molecule has 146 valence electrons. The Morgan fingerprint density at radius 3 is 1.33 bits per heavy atom. The minimum Gasteiger partial charge on any atom is -0.0654 e. The lowest BCUT2D eigenvalue weighted by Gasteiger charge is -2.24. The predicted molar refractivity (Wildman–Crippen MR) is 113 cm³/mol. The summed E-state index contributed by atoms with van der Waals surface area (Å²) < 4.78 is 0. The second-order valence-electron chi connectivity index (χ2n) is 8.30. The van der Waals surface area contributed by atoms with Gasteiger partial charge in [0, 0.05) is 0 Å². The Balaban J connectivity index is 4.10. The molecule has 0 amide bonds. The highest BCUT2D eigenvalue weighted by Gasteiger charge is 2.15. The highest BCUT2D eigenvalue weighted by molar-refractivity contribution is 4.68. The molecule has 0 spiro atoms. The average molecular weight is 339 g/mol. The number of rotatable bonds is 19. The third-order valence-electron chi connectivity index (χ3n) is 5.76. The molecule has 0 N–H and O–H groups in total. The molecule has 0 saturated heterocycles. The minimum absolute atomic E-state index is 1.02. The molecule has 0 bridgehead atoms. The van der Waals surface area contributed by atoms with Crippen LogP contribution >= 0.6 is 0 Å². The van der Waals surface area contributed by atoms with Crippen molar-refractivity contribution in [1.29, 1.82) is 0 Å². The van der Waals surface area contributed by atoms with E-state index in [0.29, 0.717) is 0 Å². The molecule has 0 aromatic carbocycles. The minimum atomic E-state index is 1.02. The highest BCUT2D eigenvalue weighted by Crippen LogP contribution is 2.30. The molecule has 0 aromatic heterocycles. The molecule has 0 aliphatic heterocycles. The van der Waals surface area contributed by atoms with Gasteiger partial charge in [0.15, 0.2) is 0 Å². The normalized spacial score (nSPS) is 14.0. The predicted octanol–water partition coefficient (Wildman–Crippen LogP) is 9.32. The van der Waals surface area contributed by atoms with Crippen LogP contribution in [-0.4, -0.2) is 0 Å². The molecule has 2 atom stereocenters. The molecule has 2 unspecified atom stereocenters. The quantitative estimate of drug-likeness (QED) is 0.206. The van der Waals surface area contributed by atoms with Gasteiger partial charge in [0.1, 0.15) is 0 Å². The third kappa shape index (κ3) is 15.5. The van der Waals surface area contributed by atoms with Crippen LogP contribution in [0.5, 0.6) is 0 Å². The van der Waals surface area contributed by atoms with Gasteiger partial charge in [0.2, 0.25) is 0 Å². The maximum atomic E-state index is 2.39. The first kappa shape index (κ1) is 24.0. The molecule has 0 aliphatic rings. The van der Waals surface area contributed by atoms with Crippen molar-refractivity contribution in [3.8, 4) is 0 Å².